The van der Waals surface area contributed by atoms with Gasteiger partial charge in [-0.1, -0.05) is 60.7 Å². The second-order valence-corrected chi connectivity index (χ2v) is 4.72. The van der Waals surface area contributed by atoms with Crippen LogP contribution in [0.5, 0.6) is 0 Å². The Morgan fingerprint density at radius 2 is 1.05 bits per heavy atom. The lowest BCUT2D eigenvalue weighted by Crippen LogP contribution is -2.30. The van der Waals surface area contributed by atoms with Gasteiger partial charge >= 0.3 is 5.79 Å². The van der Waals surface area contributed by atoms with Gasteiger partial charge < -0.3 is 19.7 Å². The summed E-state index contributed by atoms with van der Waals surface area (Å²) in [4.78, 5) is 0. The molecule has 1 aliphatic heterocycles. The smallest absolute Gasteiger partial charge is 0.305 e. The quantitative estimate of drug-likeness (QED) is 0.903. The number of rotatable bonds is 4. The van der Waals surface area contributed by atoms with Gasteiger partial charge in [0.2, 0.25) is 0 Å². The van der Waals surface area contributed by atoms with Gasteiger partial charge in [0.1, 0.15) is 13.2 Å². The number of ether oxygens (including phenoxy) is 2. The third kappa shape index (κ3) is 2.28. The van der Waals surface area contributed by atoms with Crippen molar-refractivity contribution in [2.45, 2.75) is 5.79 Å². The van der Waals surface area contributed by atoms with Crippen molar-refractivity contribution in [2.75, 3.05) is 13.2 Å². The predicted octanol–water partition coefficient (Wildman–Crippen LogP) is 2.13. The van der Waals surface area contributed by atoms with Crippen LogP contribution in [0.3, 0.4) is 0 Å². The Morgan fingerprint density at radius 3 is 1.38 bits per heavy atom. The van der Waals surface area contributed by atoms with Gasteiger partial charge in [-0.05, 0) is 0 Å². The summed E-state index contributed by atoms with van der Waals surface area (Å²) in [5.74, 6) is -0.658. The molecular formula is C17H16O4. The summed E-state index contributed by atoms with van der Waals surface area (Å²) in [7, 11) is 0. The predicted molar refractivity (Wildman–Crippen MR) is 77.0 cm³/mol. The summed E-state index contributed by atoms with van der Waals surface area (Å²) < 4.78 is 11.8. The molecule has 4 heteroatoms. The number of benzene rings is 2. The molecule has 0 radical (unpaired) electrons. The van der Waals surface area contributed by atoms with E-state index in [2.05, 4.69) is 0 Å². The number of hydrogen-bond donors (Lipinski definition) is 2. The molecule has 0 aromatic heterocycles. The van der Waals surface area contributed by atoms with Crippen LogP contribution in [-0.4, -0.2) is 23.4 Å². The third-order valence-corrected chi connectivity index (χ3v) is 3.44. The first-order valence-corrected chi connectivity index (χ1v) is 6.73. The summed E-state index contributed by atoms with van der Waals surface area (Å²) in [5.41, 5.74) is 1.59. The molecule has 0 saturated heterocycles. The fourth-order valence-electron chi connectivity index (χ4n) is 2.44. The number of aliphatic hydroxyl groups excluding tert-OH is 2. The van der Waals surface area contributed by atoms with Crippen LogP contribution in [0.2, 0.25) is 0 Å². The van der Waals surface area contributed by atoms with E-state index in [0.717, 1.165) is 11.1 Å². The molecule has 2 aromatic rings. The van der Waals surface area contributed by atoms with Crippen molar-refractivity contribution >= 4 is 0 Å². The second kappa shape index (κ2) is 5.60. The van der Waals surface area contributed by atoms with E-state index in [1.165, 1.54) is 0 Å². The maximum Gasteiger partial charge on any atom is 0.305 e. The molecule has 2 N–H and O–H groups in total. The van der Waals surface area contributed by atoms with E-state index in [0.29, 0.717) is 0 Å². The Labute approximate surface area is 122 Å². The molecule has 0 fully saturated rings. The minimum atomic E-state index is -1.17. The maximum absolute atomic E-state index is 9.42. The van der Waals surface area contributed by atoms with Crippen LogP contribution in [0.4, 0.5) is 0 Å². The fraction of sp³-hybridized carbons (Fsp3) is 0.176. The van der Waals surface area contributed by atoms with Gasteiger partial charge in [-0.25, -0.2) is 0 Å². The molecule has 3 rings (SSSR count). The first kappa shape index (κ1) is 13.7. The Hall–Kier alpha value is -2.30. The first-order chi connectivity index (χ1) is 10.3. The van der Waals surface area contributed by atoms with Crippen molar-refractivity contribution in [3.63, 3.8) is 0 Å². The molecule has 0 spiro atoms. The summed E-state index contributed by atoms with van der Waals surface area (Å²) in [6, 6.07) is 18.9. The highest BCUT2D eigenvalue weighted by atomic mass is 16.7. The Balaban J connectivity index is 2.11. The molecule has 0 amide bonds. The number of hydrogen-bond acceptors (Lipinski definition) is 4. The standard InChI is InChI=1S/C17H16O4/c18-11-15-16(12-19)21-17(20-15,13-7-3-1-4-8-13)14-9-5-2-6-10-14/h1-10,18-19H,11-12H2. The average molecular weight is 284 g/mol. The largest absolute Gasteiger partial charge is 0.443 e. The van der Waals surface area contributed by atoms with E-state index >= 15 is 0 Å². The maximum atomic E-state index is 9.42. The van der Waals surface area contributed by atoms with Crippen LogP contribution in [0.1, 0.15) is 11.1 Å². The molecule has 0 saturated carbocycles. The Kier molecular flexibility index (Phi) is 3.64. The highest BCUT2D eigenvalue weighted by molar-refractivity contribution is 5.37. The minimum absolute atomic E-state index is 0.255. The Morgan fingerprint density at radius 1 is 0.667 bits per heavy atom. The molecule has 0 unspecified atom stereocenters. The van der Waals surface area contributed by atoms with Crippen LogP contribution >= 0.6 is 0 Å². The van der Waals surface area contributed by atoms with Crippen LogP contribution in [0.15, 0.2) is 72.2 Å². The van der Waals surface area contributed by atoms with E-state index in [1.807, 2.05) is 60.7 Å². The zero-order chi connectivity index (χ0) is 14.7. The topological polar surface area (TPSA) is 58.9 Å². The van der Waals surface area contributed by atoms with Gasteiger partial charge in [0.05, 0.1) is 0 Å². The minimum Gasteiger partial charge on any atom is -0.443 e. The molecule has 0 atom stereocenters. The van der Waals surface area contributed by atoms with Crippen LogP contribution < -0.4 is 0 Å². The normalized spacial score (nSPS) is 16.5. The summed E-state index contributed by atoms with van der Waals surface area (Å²) >= 11 is 0. The molecule has 0 bridgehead atoms. The zero-order valence-electron chi connectivity index (χ0n) is 11.4. The zero-order valence-corrected chi connectivity index (χ0v) is 11.4. The monoisotopic (exact) mass is 284 g/mol. The fourth-order valence-corrected chi connectivity index (χ4v) is 2.44. The van der Waals surface area contributed by atoms with Gasteiger partial charge in [0, 0.05) is 11.1 Å². The van der Waals surface area contributed by atoms with Gasteiger partial charge in [0.15, 0.2) is 11.5 Å². The van der Waals surface area contributed by atoms with Crippen molar-refractivity contribution < 1.29 is 19.7 Å². The van der Waals surface area contributed by atoms with Gasteiger partial charge in [-0.3, -0.25) is 0 Å². The average Bonchev–Trinajstić information content (AvgIpc) is 2.97. The highest BCUT2D eigenvalue weighted by Gasteiger charge is 2.46. The van der Waals surface area contributed by atoms with E-state index in [4.69, 9.17) is 9.47 Å². The lowest BCUT2D eigenvalue weighted by atomic mass is 9.97. The molecule has 2 aromatic carbocycles. The van der Waals surface area contributed by atoms with Gasteiger partial charge in [0.25, 0.3) is 0 Å². The molecule has 1 heterocycles. The third-order valence-electron chi connectivity index (χ3n) is 3.44. The molecule has 1 aliphatic rings. The van der Waals surface area contributed by atoms with Crippen LogP contribution in [0.25, 0.3) is 0 Å². The summed E-state index contributed by atoms with van der Waals surface area (Å²) in [5, 5.41) is 18.8. The molecule has 108 valence electrons. The van der Waals surface area contributed by atoms with Crippen molar-refractivity contribution in [2.24, 2.45) is 0 Å². The number of aliphatic hydroxyl groups is 2. The lowest BCUT2D eigenvalue weighted by molar-refractivity contribution is -0.133. The molecule has 21 heavy (non-hydrogen) atoms. The van der Waals surface area contributed by atoms with E-state index in [1.54, 1.807) is 0 Å². The molecule has 0 aliphatic carbocycles. The summed E-state index contributed by atoms with van der Waals surface area (Å²) in [6.45, 7) is -0.644. The van der Waals surface area contributed by atoms with Crippen molar-refractivity contribution in [3.8, 4) is 0 Å². The molecule has 4 nitrogen and oxygen atoms in total. The van der Waals surface area contributed by atoms with E-state index < -0.39 is 5.79 Å². The lowest BCUT2D eigenvalue weighted by Gasteiger charge is -2.29. The molecular weight excluding hydrogens is 268 g/mol. The summed E-state index contributed by atoms with van der Waals surface area (Å²) in [6.07, 6.45) is 0. The Bertz CT molecular complexity index is 577. The van der Waals surface area contributed by atoms with Crippen molar-refractivity contribution in [3.05, 3.63) is 83.3 Å². The van der Waals surface area contributed by atoms with Gasteiger partial charge in [-0.2, -0.15) is 0 Å². The first-order valence-electron chi connectivity index (χ1n) is 6.73. The van der Waals surface area contributed by atoms with Crippen LogP contribution in [0, 0.1) is 0 Å². The second-order valence-electron chi connectivity index (χ2n) is 4.72. The SMILES string of the molecule is OCC1=C(CO)OC(c2ccccc2)(c2ccccc2)O1. The van der Waals surface area contributed by atoms with Crippen LogP contribution in [-0.2, 0) is 15.3 Å². The van der Waals surface area contributed by atoms with Crippen molar-refractivity contribution in [1.29, 1.82) is 0 Å². The van der Waals surface area contributed by atoms with E-state index in [9.17, 15) is 10.2 Å². The van der Waals surface area contributed by atoms with E-state index in [-0.39, 0.29) is 24.7 Å². The highest BCUT2D eigenvalue weighted by Crippen LogP contribution is 2.43. The van der Waals surface area contributed by atoms with Gasteiger partial charge in [-0.15, -0.1) is 0 Å². The van der Waals surface area contributed by atoms with Crippen molar-refractivity contribution in [1.82, 2.24) is 0 Å².